The van der Waals surface area contributed by atoms with Gasteiger partial charge < -0.3 is 10.4 Å². The molecule has 0 unspecified atom stereocenters. The maximum absolute atomic E-state index is 12.5. The fourth-order valence-electron chi connectivity index (χ4n) is 2.77. The van der Waals surface area contributed by atoms with Gasteiger partial charge in [0.2, 0.25) is 0 Å². The van der Waals surface area contributed by atoms with Gasteiger partial charge in [-0.05, 0) is 41.8 Å². The van der Waals surface area contributed by atoms with Crippen molar-refractivity contribution in [3.63, 3.8) is 0 Å². The van der Waals surface area contributed by atoms with E-state index in [1.807, 2.05) is 0 Å². The van der Waals surface area contributed by atoms with E-state index in [0.717, 1.165) is 17.0 Å². The highest BCUT2D eigenvalue weighted by Crippen LogP contribution is 2.21. The third kappa shape index (κ3) is 4.75. The van der Waals surface area contributed by atoms with Crippen molar-refractivity contribution in [2.45, 2.75) is 19.7 Å². The Labute approximate surface area is 159 Å². The minimum Gasteiger partial charge on any atom is -0.392 e. The van der Waals surface area contributed by atoms with Crippen LogP contribution < -0.4 is 5.32 Å². The summed E-state index contributed by atoms with van der Waals surface area (Å²) < 4.78 is 36.8. The number of halogens is 3. The van der Waals surface area contributed by atoms with Gasteiger partial charge in [0.05, 0.1) is 24.0 Å². The lowest BCUT2D eigenvalue weighted by molar-refractivity contribution is -0.0790. The van der Waals surface area contributed by atoms with Crippen LogP contribution in [0, 0.1) is 6.92 Å². The van der Waals surface area contributed by atoms with Crippen LogP contribution in [-0.2, 0) is 6.61 Å². The number of aliphatic hydroxyl groups excluding tert-OH is 1. The first-order chi connectivity index (χ1) is 13.2. The van der Waals surface area contributed by atoms with Crippen molar-refractivity contribution in [3.05, 3.63) is 77.0 Å². The first-order valence-electron chi connectivity index (χ1n) is 8.43. The number of carbonyl (C=O) groups is 1. The highest BCUT2D eigenvalue weighted by Gasteiger charge is 2.21. The summed E-state index contributed by atoms with van der Waals surface area (Å²) in [6.45, 7) is 1.58. The molecule has 3 rings (SSSR count). The van der Waals surface area contributed by atoms with Gasteiger partial charge in [0.25, 0.3) is 5.91 Å². The summed E-state index contributed by atoms with van der Waals surface area (Å²) in [6, 6.07) is 11.6. The standard InChI is InChI=1S/C21H17F3N2O2/c1-13-8-14(6-7-21(22,23)24)3-5-18(13)20(28)26-17-10-16-4-2-15(12-27)9-19(16)25-11-17/h2-11,27H,12H2,1H3,(H,26,28)/b7-6+. The van der Waals surface area contributed by atoms with Crippen LogP contribution in [0.1, 0.15) is 27.0 Å². The number of fused-ring (bicyclic) bond motifs is 1. The second-order valence-electron chi connectivity index (χ2n) is 6.31. The summed E-state index contributed by atoms with van der Waals surface area (Å²) in [5.74, 6) is -0.378. The Morgan fingerprint density at radius 3 is 2.64 bits per heavy atom. The zero-order chi connectivity index (χ0) is 20.3. The van der Waals surface area contributed by atoms with Gasteiger partial charge >= 0.3 is 6.18 Å². The number of carbonyl (C=O) groups excluding carboxylic acids is 1. The molecule has 28 heavy (non-hydrogen) atoms. The minimum absolute atomic E-state index is 0.0798. The Morgan fingerprint density at radius 1 is 1.18 bits per heavy atom. The summed E-state index contributed by atoms with van der Waals surface area (Å²) >= 11 is 0. The molecule has 0 saturated heterocycles. The lowest BCUT2D eigenvalue weighted by Gasteiger charge is -2.09. The number of pyridine rings is 1. The zero-order valence-corrected chi connectivity index (χ0v) is 14.9. The average Bonchev–Trinajstić information content (AvgIpc) is 2.65. The van der Waals surface area contributed by atoms with Crippen LogP contribution in [0.2, 0.25) is 0 Å². The van der Waals surface area contributed by atoms with E-state index >= 15 is 0 Å². The summed E-state index contributed by atoms with van der Waals surface area (Å²) in [7, 11) is 0. The molecule has 2 aromatic carbocycles. The van der Waals surface area contributed by atoms with Crippen molar-refractivity contribution in [1.29, 1.82) is 0 Å². The molecule has 7 heteroatoms. The predicted octanol–water partition coefficient (Wildman–Crippen LogP) is 4.86. The number of rotatable bonds is 4. The van der Waals surface area contributed by atoms with Crippen LogP contribution >= 0.6 is 0 Å². The van der Waals surface area contributed by atoms with Crippen molar-refractivity contribution < 1.29 is 23.1 Å². The number of alkyl halides is 3. The molecule has 0 aliphatic carbocycles. The second kappa shape index (κ2) is 7.82. The molecule has 144 valence electrons. The number of aryl methyl sites for hydroxylation is 1. The number of hydrogen-bond donors (Lipinski definition) is 2. The fourth-order valence-corrected chi connectivity index (χ4v) is 2.77. The van der Waals surface area contributed by atoms with E-state index in [-0.39, 0.29) is 18.6 Å². The van der Waals surface area contributed by atoms with Crippen LogP contribution in [0.5, 0.6) is 0 Å². The van der Waals surface area contributed by atoms with Gasteiger partial charge in [0.1, 0.15) is 0 Å². The normalized spacial score (nSPS) is 11.9. The van der Waals surface area contributed by atoms with Gasteiger partial charge in [-0.2, -0.15) is 13.2 Å². The number of aliphatic hydroxyl groups is 1. The second-order valence-corrected chi connectivity index (χ2v) is 6.31. The minimum atomic E-state index is -4.38. The van der Waals surface area contributed by atoms with Crippen molar-refractivity contribution >= 4 is 28.6 Å². The molecule has 1 amide bonds. The van der Waals surface area contributed by atoms with Gasteiger partial charge in [0.15, 0.2) is 0 Å². The highest BCUT2D eigenvalue weighted by atomic mass is 19.4. The molecule has 0 bridgehead atoms. The van der Waals surface area contributed by atoms with Crippen LogP contribution in [0.3, 0.4) is 0 Å². The van der Waals surface area contributed by atoms with E-state index in [4.69, 9.17) is 0 Å². The summed E-state index contributed by atoms with van der Waals surface area (Å²) in [5, 5.41) is 12.7. The number of nitrogens with one attached hydrogen (secondary N) is 1. The van der Waals surface area contributed by atoms with E-state index in [0.29, 0.717) is 27.9 Å². The number of amides is 1. The summed E-state index contributed by atoms with van der Waals surface area (Å²) in [5.41, 5.74) is 3.21. The molecule has 1 aromatic heterocycles. The van der Waals surface area contributed by atoms with E-state index in [1.165, 1.54) is 24.4 Å². The van der Waals surface area contributed by atoms with Gasteiger partial charge in [-0.3, -0.25) is 9.78 Å². The molecule has 0 aliphatic heterocycles. The third-order valence-electron chi connectivity index (χ3n) is 4.15. The SMILES string of the molecule is Cc1cc(/C=C/C(F)(F)F)ccc1C(=O)Nc1cnc2cc(CO)ccc2c1. The Balaban J connectivity index is 1.79. The molecule has 0 aliphatic rings. The Bertz CT molecular complexity index is 1060. The predicted molar refractivity (Wildman–Crippen MR) is 102 cm³/mol. The van der Waals surface area contributed by atoms with E-state index < -0.39 is 6.18 Å². The van der Waals surface area contributed by atoms with E-state index in [2.05, 4.69) is 10.3 Å². The lowest BCUT2D eigenvalue weighted by atomic mass is 10.0. The van der Waals surface area contributed by atoms with Gasteiger partial charge in [0, 0.05) is 17.0 Å². The Morgan fingerprint density at radius 2 is 1.96 bits per heavy atom. The maximum Gasteiger partial charge on any atom is 0.409 e. The number of allylic oxidation sites excluding steroid dienone is 1. The summed E-state index contributed by atoms with van der Waals surface area (Å²) in [6.07, 6.45) is -1.75. The Hall–Kier alpha value is -3.19. The largest absolute Gasteiger partial charge is 0.409 e. The maximum atomic E-state index is 12.5. The number of anilines is 1. The van der Waals surface area contributed by atoms with E-state index in [1.54, 1.807) is 31.2 Å². The molecule has 0 atom stereocenters. The quantitative estimate of drug-likeness (QED) is 0.673. The highest BCUT2D eigenvalue weighted by molar-refractivity contribution is 6.06. The molecular formula is C21H17F3N2O2. The smallest absolute Gasteiger partial charge is 0.392 e. The Kier molecular flexibility index (Phi) is 5.46. The molecule has 0 saturated carbocycles. The molecular weight excluding hydrogens is 369 g/mol. The molecule has 4 nitrogen and oxygen atoms in total. The average molecular weight is 386 g/mol. The molecule has 3 aromatic rings. The summed E-state index contributed by atoms with van der Waals surface area (Å²) in [4.78, 5) is 16.8. The molecule has 1 heterocycles. The molecule has 0 fully saturated rings. The molecule has 0 radical (unpaired) electrons. The van der Waals surface area contributed by atoms with Crippen LogP contribution in [-0.4, -0.2) is 22.2 Å². The van der Waals surface area contributed by atoms with Crippen molar-refractivity contribution in [1.82, 2.24) is 4.98 Å². The number of nitrogens with zero attached hydrogens (tertiary/aromatic N) is 1. The number of hydrogen-bond acceptors (Lipinski definition) is 3. The van der Waals surface area contributed by atoms with Crippen molar-refractivity contribution in [3.8, 4) is 0 Å². The van der Waals surface area contributed by atoms with Crippen LogP contribution in [0.4, 0.5) is 18.9 Å². The third-order valence-corrected chi connectivity index (χ3v) is 4.15. The van der Waals surface area contributed by atoms with Crippen molar-refractivity contribution in [2.75, 3.05) is 5.32 Å². The topological polar surface area (TPSA) is 62.2 Å². The fraction of sp³-hybridized carbons (Fsp3) is 0.143. The first-order valence-corrected chi connectivity index (χ1v) is 8.43. The van der Waals surface area contributed by atoms with E-state index in [9.17, 15) is 23.1 Å². The molecule has 2 N–H and O–H groups in total. The van der Waals surface area contributed by atoms with Crippen LogP contribution in [0.15, 0.2) is 54.7 Å². The monoisotopic (exact) mass is 386 g/mol. The van der Waals surface area contributed by atoms with Gasteiger partial charge in [-0.25, -0.2) is 0 Å². The van der Waals surface area contributed by atoms with Crippen LogP contribution in [0.25, 0.3) is 17.0 Å². The number of benzene rings is 2. The molecule has 0 spiro atoms. The lowest BCUT2D eigenvalue weighted by Crippen LogP contribution is -2.13. The first kappa shape index (κ1) is 19.6. The zero-order valence-electron chi connectivity index (χ0n) is 14.9. The number of aromatic nitrogens is 1. The van der Waals surface area contributed by atoms with Gasteiger partial charge in [-0.15, -0.1) is 0 Å². The van der Waals surface area contributed by atoms with Gasteiger partial charge in [-0.1, -0.05) is 30.3 Å². The van der Waals surface area contributed by atoms with Crippen molar-refractivity contribution in [2.24, 2.45) is 0 Å².